The Kier molecular flexibility index (Phi) is 9.25. The fourth-order valence-electron chi connectivity index (χ4n) is 4.46. The first-order valence-electron chi connectivity index (χ1n) is 13.8. The van der Waals surface area contributed by atoms with Gasteiger partial charge in [-0.15, -0.1) is 0 Å². The van der Waals surface area contributed by atoms with Crippen LogP contribution in [0.2, 0.25) is 0 Å². The van der Waals surface area contributed by atoms with Gasteiger partial charge < -0.3 is 15.4 Å². The lowest BCUT2D eigenvalue weighted by molar-refractivity contribution is -0.114. The molecule has 0 aliphatic heterocycles. The third kappa shape index (κ3) is 7.61. The Morgan fingerprint density at radius 2 is 1.40 bits per heavy atom. The van der Waals surface area contributed by atoms with E-state index in [1.54, 1.807) is 66.7 Å². The lowest BCUT2D eigenvalue weighted by Crippen LogP contribution is -2.38. The highest BCUT2D eigenvalue weighted by Crippen LogP contribution is 2.33. The van der Waals surface area contributed by atoms with Crippen LogP contribution in [0.1, 0.15) is 47.8 Å². The smallest absolute Gasteiger partial charge is 0.264 e. The zero-order chi connectivity index (χ0) is 31.4. The van der Waals surface area contributed by atoms with Gasteiger partial charge in [0.05, 0.1) is 17.7 Å². The van der Waals surface area contributed by atoms with Gasteiger partial charge in [0.25, 0.3) is 15.9 Å². The van der Waals surface area contributed by atoms with Gasteiger partial charge in [-0.3, -0.25) is 13.9 Å². The highest BCUT2D eigenvalue weighted by molar-refractivity contribution is 7.92. The summed E-state index contributed by atoms with van der Waals surface area (Å²) in [4.78, 5) is 26.3. The number of anilines is 3. The summed E-state index contributed by atoms with van der Waals surface area (Å²) in [5.74, 6) is -0.541. The minimum Gasteiger partial charge on any atom is -0.495 e. The first kappa shape index (κ1) is 31.3. The number of hydrogen-bond acceptors (Lipinski definition) is 5. The van der Waals surface area contributed by atoms with Gasteiger partial charge in [0.15, 0.2) is 0 Å². The van der Waals surface area contributed by atoms with Crippen molar-refractivity contribution in [3.63, 3.8) is 0 Å². The fraction of sp³-hybridized carbons (Fsp3) is 0.235. The van der Waals surface area contributed by atoms with Gasteiger partial charge in [0.2, 0.25) is 5.91 Å². The SMILES string of the molecule is COc1ccc(C)cc1N(CC(=O)Nc1cccc(NC(=O)c2ccc(C(C)(C)C)cc2)c1)S(=O)(=O)c1ccc(C)cc1. The van der Waals surface area contributed by atoms with E-state index in [-0.39, 0.29) is 21.9 Å². The van der Waals surface area contributed by atoms with E-state index in [1.165, 1.54) is 19.2 Å². The number of benzene rings is 4. The van der Waals surface area contributed by atoms with Crippen molar-refractivity contribution >= 4 is 38.9 Å². The van der Waals surface area contributed by atoms with Crippen LogP contribution in [-0.4, -0.2) is 33.9 Å². The summed E-state index contributed by atoms with van der Waals surface area (Å²) < 4.78 is 34.2. The molecule has 224 valence electrons. The van der Waals surface area contributed by atoms with E-state index in [4.69, 9.17) is 4.74 Å². The second kappa shape index (κ2) is 12.7. The molecule has 0 saturated heterocycles. The first-order valence-corrected chi connectivity index (χ1v) is 15.3. The summed E-state index contributed by atoms with van der Waals surface area (Å²) in [6, 6.07) is 25.7. The number of carbonyl (C=O) groups excluding carboxylic acids is 2. The Morgan fingerprint density at radius 1 is 0.791 bits per heavy atom. The zero-order valence-electron chi connectivity index (χ0n) is 25.3. The molecule has 0 atom stereocenters. The maximum absolute atomic E-state index is 13.8. The lowest BCUT2D eigenvalue weighted by atomic mass is 9.87. The zero-order valence-corrected chi connectivity index (χ0v) is 26.1. The van der Waals surface area contributed by atoms with Crippen molar-refractivity contribution in [1.29, 1.82) is 0 Å². The standard InChI is InChI=1S/C34H37N3O5S/c1-23-10-17-29(18-11-23)43(40,41)37(30-20-24(2)12-19-31(30)42-6)22-32(38)35-27-8-7-9-28(21-27)36-33(39)25-13-15-26(16-14-25)34(3,4)5/h7-21H,22H2,1-6H3,(H,35,38)(H,36,39). The maximum atomic E-state index is 13.8. The molecule has 0 unspecified atom stereocenters. The number of nitrogens with one attached hydrogen (secondary N) is 2. The van der Waals surface area contributed by atoms with E-state index in [0.29, 0.717) is 22.7 Å². The molecule has 0 aromatic heterocycles. The largest absolute Gasteiger partial charge is 0.495 e. The fourth-order valence-corrected chi connectivity index (χ4v) is 5.89. The Labute approximate surface area is 253 Å². The van der Waals surface area contributed by atoms with Crippen molar-refractivity contribution in [3.8, 4) is 5.75 Å². The summed E-state index contributed by atoms with van der Waals surface area (Å²) in [5, 5.41) is 5.62. The monoisotopic (exact) mass is 599 g/mol. The van der Waals surface area contributed by atoms with Crippen LogP contribution in [0.25, 0.3) is 0 Å². The van der Waals surface area contributed by atoms with Crippen LogP contribution in [0, 0.1) is 13.8 Å². The minimum atomic E-state index is -4.14. The molecule has 4 rings (SSSR count). The maximum Gasteiger partial charge on any atom is 0.264 e. The highest BCUT2D eigenvalue weighted by Gasteiger charge is 2.29. The number of rotatable bonds is 9. The van der Waals surface area contributed by atoms with Crippen LogP contribution in [0.3, 0.4) is 0 Å². The number of carbonyl (C=O) groups is 2. The van der Waals surface area contributed by atoms with Crippen molar-refractivity contribution in [2.75, 3.05) is 28.6 Å². The molecule has 2 N–H and O–H groups in total. The van der Waals surface area contributed by atoms with Gasteiger partial charge in [-0.05, 0) is 85.0 Å². The third-order valence-corrected chi connectivity index (χ3v) is 8.69. The molecule has 0 saturated carbocycles. The summed E-state index contributed by atoms with van der Waals surface area (Å²) in [7, 11) is -2.69. The van der Waals surface area contributed by atoms with E-state index < -0.39 is 22.5 Å². The normalized spacial score (nSPS) is 11.5. The minimum absolute atomic E-state index is 0.0267. The van der Waals surface area contributed by atoms with Crippen LogP contribution in [0.15, 0.2) is 95.9 Å². The van der Waals surface area contributed by atoms with E-state index in [9.17, 15) is 18.0 Å². The quantitative estimate of drug-likeness (QED) is 0.223. The average molecular weight is 600 g/mol. The van der Waals surface area contributed by atoms with Crippen molar-refractivity contribution in [3.05, 3.63) is 113 Å². The molecule has 0 bridgehead atoms. The van der Waals surface area contributed by atoms with Crippen LogP contribution in [0.4, 0.5) is 17.1 Å². The van der Waals surface area contributed by atoms with Gasteiger partial charge in [-0.25, -0.2) is 8.42 Å². The second-order valence-corrected chi connectivity index (χ2v) is 13.3. The van der Waals surface area contributed by atoms with Gasteiger partial charge in [-0.2, -0.15) is 0 Å². The van der Waals surface area contributed by atoms with Crippen LogP contribution in [0.5, 0.6) is 5.75 Å². The van der Waals surface area contributed by atoms with Gasteiger partial charge in [0.1, 0.15) is 12.3 Å². The molecule has 4 aromatic rings. The molecule has 8 nitrogen and oxygen atoms in total. The molecule has 0 fully saturated rings. The van der Waals surface area contributed by atoms with Crippen molar-refractivity contribution in [1.82, 2.24) is 0 Å². The van der Waals surface area contributed by atoms with E-state index in [0.717, 1.165) is 21.0 Å². The molecule has 0 heterocycles. The number of hydrogen-bond donors (Lipinski definition) is 2. The highest BCUT2D eigenvalue weighted by atomic mass is 32.2. The van der Waals surface area contributed by atoms with Gasteiger partial charge >= 0.3 is 0 Å². The van der Waals surface area contributed by atoms with E-state index >= 15 is 0 Å². The first-order chi connectivity index (χ1) is 20.3. The molecule has 4 aromatic carbocycles. The predicted molar refractivity (Wildman–Crippen MR) is 172 cm³/mol. The molecule has 9 heteroatoms. The third-order valence-electron chi connectivity index (χ3n) is 6.92. The van der Waals surface area contributed by atoms with Crippen LogP contribution >= 0.6 is 0 Å². The summed E-state index contributed by atoms with van der Waals surface area (Å²) in [6.45, 7) is 9.51. The molecule has 0 radical (unpaired) electrons. The Hall–Kier alpha value is -4.63. The Bertz CT molecular complexity index is 1730. The lowest BCUT2D eigenvalue weighted by Gasteiger charge is -2.26. The van der Waals surface area contributed by atoms with Crippen LogP contribution in [-0.2, 0) is 20.2 Å². The van der Waals surface area contributed by atoms with Crippen molar-refractivity contribution in [2.24, 2.45) is 0 Å². The number of amides is 2. The summed E-state index contributed by atoms with van der Waals surface area (Å²) >= 11 is 0. The van der Waals surface area contributed by atoms with Crippen molar-refractivity contribution < 1.29 is 22.7 Å². The molecule has 0 aliphatic carbocycles. The van der Waals surface area contributed by atoms with E-state index in [1.807, 2.05) is 26.0 Å². The van der Waals surface area contributed by atoms with Gasteiger partial charge in [0, 0.05) is 16.9 Å². The van der Waals surface area contributed by atoms with E-state index in [2.05, 4.69) is 31.4 Å². The Morgan fingerprint density at radius 3 is 2.00 bits per heavy atom. The summed E-state index contributed by atoms with van der Waals surface area (Å²) in [6.07, 6.45) is 0. The number of methoxy groups -OCH3 is 1. The molecule has 2 amide bonds. The topological polar surface area (TPSA) is 105 Å². The molecule has 43 heavy (non-hydrogen) atoms. The molecule has 0 aliphatic rings. The molecular formula is C34H37N3O5S. The van der Waals surface area contributed by atoms with Crippen LogP contribution < -0.4 is 19.7 Å². The number of sulfonamides is 1. The number of nitrogens with zero attached hydrogens (tertiary/aromatic N) is 1. The average Bonchev–Trinajstić information content (AvgIpc) is 2.96. The number of aryl methyl sites for hydroxylation is 2. The van der Waals surface area contributed by atoms with Crippen molar-refractivity contribution in [2.45, 2.75) is 44.9 Å². The summed E-state index contributed by atoms with van der Waals surface area (Å²) in [5.41, 5.74) is 4.43. The molecular weight excluding hydrogens is 562 g/mol. The Balaban J connectivity index is 1.56. The predicted octanol–water partition coefficient (Wildman–Crippen LogP) is 6.70. The molecule has 0 spiro atoms. The number of ether oxygens (including phenoxy) is 1. The van der Waals surface area contributed by atoms with Gasteiger partial charge in [-0.1, -0.05) is 62.7 Å². The second-order valence-electron chi connectivity index (χ2n) is 11.4.